The zero-order valence-corrected chi connectivity index (χ0v) is 19.2. The van der Waals surface area contributed by atoms with Gasteiger partial charge in [-0.1, -0.05) is 26.0 Å². The third-order valence-corrected chi connectivity index (χ3v) is 5.81. The Morgan fingerprint density at radius 2 is 1.84 bits per heavy atom. The molecule has 2 heterocycles. The van der Waals surface area contributed by atoms with Crippen molar-refractivity contribution < 1.29 is 4.74 Å². The number of aliphatic imine (C=N–C) groups is 1. The first-order valence-electron chi connectivity index (χ1n) is 11.1. The van der Waals surface area contributed by atoms with Gasteiger partial charge in [0.05, 0.1) is 13.2 Å². The third-order valence-electron chi connectivity index (χ3n) is 5.81. The van der Waals surface area contributed by atoms with E-state index in [-0.39, 0.29) is 6.04 Å². The van der Waals surface area contributed by atoms with Gasteiger partial charge in [-0.05, 0) is 36.9 Å². The van der Waals surface area contributed by atoms with Crippen molar-refractivity contribution in [3.05, 3.63) is 48.3 Å². The summed E-state index contributed by atoms with van der Waals surface area (Å²) >= 11 is 0. The summed E-state index contributed by atoms with van der Waals surface area (Å²) in [5, 5.41) is 3.62. The van der Waals surface area contributed by atoms with Crippen LogP contribution in [0.5, 0.6) is 5.75 Å². The summed E-state index contributed by atoms with van der Waals surface area (Å²) in [5.74, 6) is 2.62. The Labute approximate surface area is 186 Å². The number of benzene rings is 1. The van der Waals surface area contributed by atoms with E-state index in [9.17, 15) is 0 Å². The van der Waals surface area contributed by atoms with Crippen molar-refractivity contribution in [1.29, 1.82) is 0 Å². The summed E-state index contributed by atoms with van der Waals surface area (Å²) in [6, 6.07) is 10.4. The molecule has 8 nitrogen and oxygen atoms in total. The van der Waals surface area contributed by atoms with E-state index >= 15 is 0 Å². The average Bonchev–Trinajstić information content (AvgIpc) is 2.84. The van der Waals surface area contributed by atoms with E-state index in [2.05, 4.69) is 67.0 Å². The Kier molecular flexibility index (Phi) is 8.46. The minimum absolute atomic E-state index is 0.237. The van der Waals surface area contributed by atoms with Crippen LogP contribution in [-0.2, 0) is 0 Å². The van der Waals surface area contributed by atoms with Gasteiger partial charge in [0.25, 0.3) is 0 Å². The van der Waals surface area contributed by atoms with Crippen molar-refractivity contribution in [2.75, 3.05) is 64.9 Å². The van der Waals surface area contributed by atoms with Gasteiger partial charge in [0.2, 0.25) is 5.95 Å². The fourth-order valence-corrected chi connectivity index (χ4v) is 4.06. The van der Waals surface area contributed by atoms with Crippen LogP contribution in [0.2, 0.25) is 0 Å². The molecular formula is C23H35N7O. The molecular weight excluding hydrogens is 390 g/mol. The minimum Gasteiger partial charge on any atom is -0.497 e. The first kappa shape index (κ1) is 22.8. The molecule has 0 aliphatic carbocycles. The molecule has 1 aliphatic heterocycles. The van der Waals surface area contributed by atoms with E-state index in [0.717, 1.165) is 63.5 Å². The van der Waals surface area contributed by atoms with Gasteiger partial charge in [0.1, 0.15) is 5.75 Å². The van der Waals surface area contributed by atoms with Crippen LogP contribution in [0.1, 0.15) is 25.5 Å². The SMILES string of the molecule is CCN(CC)C(CNC(=NC)N1CCN(c2ncccn2)CC1)c1cccc(OC)c1. The number of guanidine groups is 1. The third kappa shape index (κ3) is 5.85. The Bertz CT molecular complexity index is 818. The number of hydrogen-bond acceptors (Lipinski definition) is 6. The number of likely N-dealkylation sites (N-methyl/N-ethyl adjacent to an activating group) is 1. The van der Waals surface area contributed by atoms with Crippen LogP contribution in [0.4, 0.5) is 5.95 Å². The van der Waals surface area contributed by atoms with E-state index in [1.54, 1.807) is 19.5 Å². The lowest BCUT2D eigenvalue weighted by Crippen LogP contribution is -2.53. The minimum atomic E-state index is 0.237. The van der Waals surface area contributed by atoms with Gasteiger partial charge < -0.3 is 19.9 Å². The summed E-state index contributed by atoms with van der Waals surface area (Å²) in [6.07, 6.45) is 3.59. The second-order valence-electron chi connectivity index (χ2n) is 7.46. The van der Waals surface area contributed by atoms with Gasteiger partial charge in [0.15, 0.2) is 5.96 Å². The molecule has 1 atom stereocenters. The second kappa shape index (κ2) is 11.5. The number of ether oxygens (including phenoxy) is 1. The molecule has 2 aromatic rings. The number of aromatic nitrogens is 2. The predicted octanol–water partition coefficient (Wildman–Crippen LogP) is 2.27. The number of nitrogens with zero attached hydrogens (tertiary/aromatic N) is 6. The smallest absolute Gasteiger partial charge is 0.225 e. The van der Waals surface area contributed by atoms with E-state index in [1.165, 1.54) is 5.56 Å². The molecule has 1 saturated heterocycles. The molecule has 168 valence electrons. The zero-order chi connectivity index (χ0) is 22.1. The summed E-state index contributed by atoms with van der Waals surface area (Å²) < 4.78 is 5.45. The maximum atomic E-state index is 5.45. The van der Waals surface area contributed by atoms with Crippen LogP contribution in [0.15, 0.2) is 47.7 Å². The number of piperazine rings is 1. The monoisotopic (exact) mass is 425 g/mol. The van der Waals surface area contributed by atoms with Crippen LogP contribution in [0, 0.1) is 0 Å². The second-order valence-corrected chi connectivity index (χ2v) is 7.46. The molecule has 31 heavy (non-hydrogen) atoms. The van der Waals surface area contributed by atoms with Crippen molar-refractivity contribution >= 4 is 11.9 Å². The van der Waals surface area contributed by atoms with Crippen LogP contribution in [0.3, 0.4) is 0 Å². The van der Waals surface area contributed by atoms with Gasteiger partial charge in [0, 0.05) is 52.2 Å². The molecule has 1 N–H and O–H groups in total. The lowest BCUT2D eigenvalue weighted by Gasteiger charge is -2.37. The molecule has 3 rings (SSSR count). The molecule has 1 aliphatic rings. The standard InChI is InChI=1S/C23H35N7O/c1-5-28(6-2)21(19-9-7-10-20(17-19)31-4)18-27-22(24-3)29-13-15-30(16-14-29)23-25-11-8-12-26-23/h7-12,17,21H,5-6,13-16,18H2,1-4H3,(H,24,27). The van der Waals surface area contributed by atoms with E-state index in [1.807, 2.05) is 19.2 Å². The lowest BCUT2D eigenvalue weighted by atomic mass is 10.0. The first-order valence-corrected chi connectivity index (χ1v) is 11.1. The number of anilines is 1. The highest BCUT2D eigenvalue weighted by molar-refractivity contribution is 5.80. The van der Waals surface area contributed by atoms with Gasteiger partial charge in [-0.15, -0.1) is 0 Å². The lowest BCUT2D eigenvalue weighted by molar-refractivity contribution is 0.216. The maximum absolute atomic E-state index is 5.45. The maximum Gasteiger partial charge on any atom is 0.225 e. The number of nitrogens with one attached hydrogen (secondary N) is 1. The molecule has 0 radical (unpaired) electrons. The van der Waals surface area contributed by atoms with Gasteiger partial charge in [-0.25, -0.2) is 9.97 Å². The quantitative estimate of drug-likeness (QED) is 0.514. The summed E-state index contributed by atoms with van der Waals surface area (Å²) in [5.41, 5.74) is 1.25. The predicted molar refractivity (Wildman–Crippen MR) is 126 cm³/mol. The van der Waals surface area contributed by atoms with E-state index in [4.69, 9.17) is 4.74 Å². The largest absolute Gasteiger partial charge is 0.497 e. The molecule has 0 amide bonds. The fourth-order valence-electron chi connectivity index (χ4n) is 4.06. The highest BCUT2D eigenvalue weighted by atomic mass is 16.5. The summed E-state index contributed by atoms with van der Waals surface area (Å²) in [4.78, 5) is 20.3. The number of rotatable bonds is 8. The van der Waals surface area contributed by atoms with Crippen molar-refractivity contribution in [2.45, 2.75) is 19.9 Å². The Hall–Kier alpha value is -2.87. The van der Waals surface area contributed by atoms with Gasteiger partial charge in [-0.2, -0.15) is 0 Å². The van der Waals surface area contributed by atoms with Crippen LogP contribution >= 0.6 is 0 Å². The average molecular weight is 426 g/mol. The molecule has 8 heteroatoms. The van der Waals surface area contributed by atoms with E-state index < -0.39 is 0 Å². The molecule has 1 unspecified atom stereocenters. The van der Waals surface area contributed by atoms with Crippen LogP contribution < -0.4 is 15.0 Å². The molecule has 1 aromatic carbocycles. The number of hydrogen-bond donors (Lipinski definition) is 1. The topological polar surface area (TPSA) is 69.1 Å². The number of methoxy groups -OCH3 is 1. The Morgan fingerprint density at radius 1 is 1.13 bits per heavy atom. The highest BCUT2D eigenvalue weighted by Gasteiger charge is 2.23. The first-order chi connectivity index (χ1) is 15.2. The zero-order valence-electron chi connectivity index (χ0n) is 19.2. The van der Waals surface area contributed by atoms with Crippen LogP contribution in [0.25, 0.3) is 0 Å². The molecule has 1 fully saturated rings. The fraction of sp³-hybridized carbons (Fsp3) is 0.522. The molecule has 1 aromatic heterocycles. The van der Waals surface area contributed by atoms with Crippen molar-refractivity contribution in [3.8, 4) is 5.75 Å². The normalized spacial score (nSPS) is 15.8. The highest BCUT2D eigenvalue weighted by Crippen LogP contribution is 2.24. The summed E-state index contributed by atoms with van der Waals surface area (Å²) in [6.45, 7) is 10.7. The van der Waals surface area contributed by atoms with Crippen LogP contribution in [-0.4, -0.2) is 85.7 Å². The Balaban J connectivity index is 1.64. The van der Waals surface area contributed by atoms with Crippen molar-refractivity contribution in [1.82, 2.24) is 25.1 Å². The summed E-state index contributed by atoms with van der Waals surface area (Å²) in [7, 11) is 3.57. The van der Waals surface area contributed by atoms with E-state index in [0.29, 0.717) is 0 Å². The Morgan fingerprint density at radius 3 is 2.45 bits per heavy atom. The molecule has 0 bridgehead atoms. The van der Waals surface area contributed by atoms with Gasteiger partial charge >= 0.3 is 0 Å². The van der Waals surface area contributed by atoms with Gasteiger partial charge in [-0.3, -0.25) is 9.89 Å². The molecule has 0 spiro atoms. The van der Waals surface area contributed by atoms with Crippen molar-refractivity contribution in [3.63, 3.8) is 0 Å². The molecule has 0 saturated carbocycles. The van der Waals surface area contributed by atoms with Crippen molar-refractivity contribution in [2.24, 2.45) is 4.99 Å².